The molecule has 0 bridgehead atoms. The lowest BCUT2D eigenvalue weighted by Gasteiger charge is -2.16. The Hall–Kier alpha value is -2.82. The Labute approximate surface area is 141 Å². The lowest BCUT2D eigenvalue weighted by atomic mass is 9.94. The first-order chi connectivity index (χ1) is 11.7. The summed E-state index contributed by atoms with van der Waals surface area (Å²) in [4.78, 5) is 12.3. The minimum atomic E-state index is -0.364. The molecule has 2 aromatic carbocycles. The van der Waals surface area contributed by atoms with Crippen LogP contribution in [0, 0.1) is 0 Å². The van der Waals surface area contributed by atoms with Crippen molar-refractivity contribution in [1.29, 1.82) is 0 Å². The van der Waals surface area contributed by atoms with E-state index in [1.54, 1.807) is 14.0 Å². The maximum absolute atomic E-state index is 12.3. The van der Waals surface area contributed by atoms with Gasteiger partial charge in [0.15, 0.2) is 5.71 Å². The van der Waals surface area contributed by atoms with E-state index in [1.807, 2.05) is 59.6 Å². The van der Waals surface area contributed by atoms with Crippen LogP contribution in [0.5, 0.6) is 5.75 Å². The van der Waals surface area contributed by atoms with Gasteiger partial charge in [-0.2, -0.15) is 5.10 Å². The highest BCUT2D eigenvalue weighted by atomic mass is 16.5. The molecule has 1 aliphatic rings. The van der Waals surface area contributed by atoms with Crippen molar-refractivity contribution in [3.05, 3.63) is 60.2 Å². The van der Waals surface area contributed by atoms with E-state index < -0.39 is 0 Å². The van der Waals surface area contributed by atoms with Gasteiger partial charge >= 0.3 is 5.97 Å². The Morgan fingerprint density at radius 2 is 1.88 bits per heavy atom. The molecule has 0 saturated carbocycles. The van der Waals surface area contributed by atoms with E-state index in [9.17, 15) is 4.79 Å². The summed E-state index contributed by atoms with van der Waals surface area (Å²) >= 11 is 0. The van der Waals surface area contributed by atoms with Gasteiger partial charge in [0.25, 0.3) is 0 Å². The first-order valence-corrected chi connectivity index (χ1v) is 7.95. The zero-order chi connectivity index (χ0) is 16.9. The zero-order valence-electron chi connectivity index (χ0n) is 13.8. The number of hydrogen-bond acceptors (Lipinski definition) is 5. The molecule has 0 amide bonds. The number of anilines is 1. The molecule has 3 rings (SSSR count). The summed E-state index contributed by atoms with van der Waals surface area (Å²) in [5.41, 5.74) is 2.40. The van der Waals surface area contributed by atoms with Crippen LogP contribution in [0.1, 0.15) is 18.4 Å². The van der Waals surface area contributed by atoms with Crippen molar-refractivity contribution >= 4 is 17.4 Å². The van der Waals surface area contributed by atoms with Crippen molar-refractivity contribution in [2.45, 2.75) is 12.8 Å². The largest absolute Gasteiger partial charge is 0.497 e. The molecule has 24 heavy (non-hydrogen) atoms. The molecule has 0 aromatic heterocycles. The van der Waals surface area contributed by atoms with Gasteiger partial charge in [-0.25, -0.2) is 4.79 Å². The van der Waals surface area contributed by atoms with E-state index >= 15 is 0 Å². The van der Waals surface area contributed by atoms with E-state index in [-0.39, 0.29) is 11.9 Å². The van der Waals surface area contributed by atoms with Gasteiger partial charge in [-0.15, -0.1) is 0 Å². The van der Waals surface area contributed by atoms with Gasteiger partial charge in [0, 0.05) is 0 Å². The maximum Gasteiger partial charge on any atom is 0.355 e. The number of hydrogen-bond donors (Lipinski definition) is 0. The van der Waals surface area contributed by atoms with Crippen molar-refractivity contribution in [2.24, 2.45) is 5.10 Å². The molecule has 1 atom stereocenters. The standard InChI is InChI=1S/C19H20N2O3/c1-3-24-19(22)18-17(14-9-11-16(23-2)12-10-14)13-21(20-18)15-7-5-4-6-8-15/h4-12,17H,3,13H2,1-2H3. The van der Waals surface area contributed by atoms with E-state index in [4.69, 9.17) is 9.47 Å². The lowest BCUT2D eigenvalue weighted by molar-refractivity contribution is -0.135. The van der Waals surface area contributed by atoms with Crippen molar-refractivity contribution in [3.8, 4) is 5.75 Å². The summed E-state index contributed by atoms with van der Waals surface area (Å²) < 4.78 is 10.4. The van der Waals surface area contributed by atoms with Crippen LogP contribution in [-0.2, 0) is 9.53 Å². The van der Waals surface area contributed by atoms with Crippen LogP contribution in [0.2, 0.25) is 0 Å². The van der Waals surface area contributed by atoms with Crippen LogP contribution in [-0.4, -0.2) is 31.9 Å². The van der Waals surface area contributed by atoms with Gasteiger partial charge in [-0.1, -0.05) is 30.3 Å². The highest BCUT2D eigenvalue weighted by molar-refractivity contribution is 6.39. The number of hydrazone groups is 1. The molecule has 5 heteroatoms. The Kier molecular flexibility index (Phi) is 4.79. The van der Waals surface area contributed by atoms with Crippen molar-refractivity contribution in [2.75, 3.05) is 25.3 Å². The highest BCUT2D eigenvalue weighted by Gasteiger charge is 2.34. The molecule has 124 valence electrons. The van der Waals surface area contributed by atoms with Crippen LogP contribution in [0.4, 0.5) is 5.69 Å². The number of carbonyl (C=O) groups excluding carboxylic acids is 1. The number of para-hydroxylation sites is 1. The monoisotopic (exact) mass is 324 g/mol. The fourth-order valence-electron chi connectivity index (χ4n) is 2.75. The molecule has 0 spiro atoms. The summed E-state index contributed by atoms with van der Waals surface area (Å²) in [5.74, 6) is 0.290. The van der Waals surface area contributed by atoms with E-state index in [2.05, 4.69) is 5.10 Å². The van der Waals surface area contributed by atoms with Crippen LogP contribution in [0.3, 0.4) is 0 Å². The Morgan fingerprint density at radius 1 is 1.17 bits per heavy atom. The van der Waals surface area contributed by atoms with Gasteiger partial charge in [0.1, 0.15) is 5.75 Å². The minimum Gasteiger partial charge on any atom is -0.497 e. The number of ether oxygens (including phenoxy) is 2. The number of methoxy groups -OCH3 is 1. The first kappa shape index (κ1) is 16.1. The average Bonchev–Trinajstić information content (AvgIpc) is 3.08. The zero-order valence-corrected chi connectivity index (χ0v) is 13.8. The predicted octanol–water partition coefficient (Wildman–Crippen LogP) is 3.22. The number of esters is 1. The van der Waals surface area contributed by atoms with Crippen molar-refractivity contribution < 1.29 is 14.3 Å². The quantitative estimate of drug-likeness (QED) is 0.793. The molecule has 1 heterocycles. The van der Waals surface area contributed by atoms with E-state index in [0.717, 1.165) is 17.0 Å². The molecule has 5 nitrogen and oxygen atoms in total. The SMILES string of the molecule is CCOC(=O)C1=NN(c2ccccc2)CC1c1ccc(OC)cc1. The molecule has 0 N–H and O–H groups in total. The van der Waals surface area contributed by atoms with Gasteiger partial charge < -0.3 is 9.47 Å². The van der Waals surface area contributed by atoms with Crippen LogP contribution < -0.4 is 9.75 Å². The summed E-state index contributed by atoms with van der Waals surface area (Å²) in [6.45, 7) is 2.73. The molecule has 0 fully saturated rings. The summed E-state index contributed by atoms with van der Waals surface area (Å²) in [7, 11) is 1.63. The van der Waals surface area contributed by atoms with Crippen molar-refractivity contribution in [1.82, 2.24) is 0 Å². The second-order valence-electron chi connectivity index (χ2n) is 5.45. The Morgan fingerprint density at radius 3 is 2.50 bits per heavy atom. The number of rotatable bonds is 5. The van der Waals surface area contributed by atoms with Crippen LogP contribution in [0.25, 0.3) is 0 Å². The third-order valence-electron chi connectivity index (χ3n) is 3.97. The fourth-order valence-corrected chi connectivity index (χ4v) is 2.75. The Bertz CT molecular complexity index is 726. The van der Waals surface area contributed by atoms with Crippen LogP contribution >= 0.6 is 0 Å². The molecule has 0 radical (unpaired) electrons. The molecule has 1 unspecified atom stereocenters. The van der Waals surface area contributed by atoms with Gasteiger partial charge in [0.05, 0.1) is 31.9 Å². The van der Waals surface area contributed by atoms with Crippen molar-refractivity contribution in [3.63, 3.8) is 0 Å². The summed E-state index contributed by atoms with van der Waals surface area (Å²) in [6.07, 6.45) is 0. The molecular formula is C19H20N2O3. The first-order valence-electron chi connectivity index (χ1n) is 7.95. The molecule has 0 aliphatic carbocycles. The third-order valence-corrected chi connectivity index (χ3v) is 3.97. The second kappa shape index (κ2) is 7.17. The topological polar surface area (TPSA) is 51.1 Å². The van der Waals surface area contributed by atoms with Gasteiger partial charge in [-0.3, -0.25) is 5.01 Å². The van der Waals surface area contributed by atoms with Gasteiger partial charge in [-0.05, 0) is 36.8 Å². The minimum absolute atomic E-state index is 0.129. The lowest BCUT2D eigenvalue weighted by Crippen LogP contribution is -2.24. The molecule has 1 aliphatic heterocycles. The summed E-state index contributed by atoms with van der Waals surface area (Å²) in [6, 6.07) is 17.5. The number of benzene rings is 2. The van der Waals surface area contributed by atoms with Gasteiger partial charge in [0.2, 0.25) is 0 Å². The fraction of sp³-hybridized carbons (Fsp3) is 0.263. The maximum atomic E-state index is 12.3. The molecule has 0 saturated heterocycles. The normalized spacial score (nSPS) is 16.7. The third kappa shape index (κ3) is 3.25. The van der Waals surface area contributed by atoms with E-state index in [1.165, 1.54) is 0 Å². The van der Waals surface area contributed by atoms with E-state index in [0.29, 0.717) is 18.9 Å². The molecule has 2 aromatic rings. The summed E-state index contributed by atoms with van der Waals surface area (Å²) in [5, 5.41) is 6.37. The molecular weight excluding hydrogens is 304 g/mol. The number of carbonyl (C=O) groups is 1. The Balaban J connectivity index is 1.91. The highest BCUT2D eigenvalue weighted by Crippen LogP contribution is 2.30. The smallest absolute Gasteiger partial charge is 0.355 e. The second-order valence-corrected chi connectivity index (χ2v) is 5.45. The average molecular weight is 324 g/mol. The number of nitrogens with zero attached hydrogens (tertiary/aromatic N) is 2. The predicted molar refractivity (Wildman–Crippen MR) is 93.6 cm³/mol. The van der Waals surface area contributed by atoms with Crippen LogP contribution in [0.15, 0.2) is 59.7 Å².